The zero-order valence-corrected chi connectivity index (χ0v) is 21.1. The highest BCUT2D eigenvalue weighted by Gasteiger charge is 2.47. The Labute approximate surface area is 217 Å². The number of aromatic nitrogens is 2. The van der Waals surface area contributed by atoms with Gasteiger partial charge >= 0.3 is 6.18 Å². The monoisotopic (exact) mass is 536 g/mol. The molecule has 2 aromatic carbocycles. The van der Waals surface area contributed by atoms with Crippen LogP contribution in [0.25, 0.3) is 11.3 Å². The summed E-state index contributed by atoms with van der Waals surface area (Å²) >= 11 is 12.6. The molecule has 1 atom stereocenters. The highest BCUT2D eigenvalue weighted by atomic mass is 35.5. The molecule has 0 bridgehead atoms. The van der Waals surface area contributed by atoms with E-state index in [0.717, 1.165) is 11.6 Å². The lowest BCUT2D eigenvalue weighted by atomic mass is 9.73. The molecule has 0 unspecified atom stereocenters. The number of piperidine rings is 1. The predicted octanol–water partition coefficient (Wildman–Crippen LogP) is 6.11. The Morgan fingerprint density at radius 1 is 1.14 bits per heavy atom. The molecule has 1 aromatic heterocycles. The fourth-order valence-electron chi connectivity index (χ4n) is 5.54. The van der Waals surface area contributed by atoms with Gasteiger partial charge in [-0.3, -0.25) is 0 Å². The molecule has 0 radical (unpaired) electrons. The zero-order valence-electron chi connectivity index (χ0n) is 19.5. The van der Waals surface area contributed by atoms with Gasteiger partial charge in [-0.25, -0.2) is 9.97 Å². The number of nitrogens with two attached hydrogens (primary N) is 1. The van der Waals surface area contributed by atoms with E-state index in [9.17, 15) is 18.3 Å². The Morgan fingerprint density at radius 2 is 1.86 bits per heavy atom. The first-order chi connectivity index (χ1) is 17.0. The Hall–Kier alpha value is -2.39. The Bertz CT molecular complexity index is 1320. The van der Waals surface area contributed by atoms with Gasteiger partial charge in [0.1, 0.15) is 5.69 Å². The lowest BCUT2D eigenvalue weighted by molar-refractivity contribution is -0.137. The van der Waals surface area contributed by atoms with Crippen molar-refractivity contribution in [3.8, 4) is 11.3 Å². The summed E-state index contributed by atoms with van der Waals surface area (Å²) in [5, 5.41) is 10.9. The molecule has 5 nitrogen and oxygen atoms in total. The normalized spacial score (nSPS) is 19.1. The minimum Gasteiger partial charge on any atom is -0.390 e. The van der Waals surface area contributed by atoms with Crippen LogP contribution in [0.5, 0.6) is 0 Å². The molecule has 0 amide bonds. The van der Waals surface area contributed by atoms with Gasteiger partial charge in [-0.2, -0.15) is 13.2 Å². The number of fused-ring (bicyclic) bond motifs is 1. The average Bonchev–Trinajstić information content (AvgIpc) is 3.11. The van der Waals surface area contributed by atoms with E-state index in [4.69, 9.17) is 33.9 Å². The van der Waals surface area contributed by atoms with Gasteiger partial charge in [-0.1, -0.05) is 41.4 Å². The second-order valence-corrected chi connectivity index (χ2v) is 10.4. The maximum absolute atomic E-state index is 13.2. The summed E-state index contributed by atoms with van der Waals surface area (Å²) < 4.78 is 39.7. The van der Waals surface area contributed by atoms with Crippen LogP contribution >= 0.6 is 23.2 Å². The third-order valence-corrected chi connectivity index (χ3v) is 8.37. The van der Waals surface area contributed by atoms with Crippen LogP contribution in [0.3, 0.4) is 0 Å². The van der Waals surface area contributed by atoms with Gasteiger partial charge in [-0.15, -0.1) is 0 Å². The van der Waals surface area contributed by atoms with Crippen LogP contribution in [-0.2, 0) is 19.2 Å². The van der Waals surface area contributed by atoms with Crippen LogP contribution in [0.1, 0.15) is 47.0 Å². The number of hydrogen-bond acceptors (Lipinski definition) is 5. The summed E-state index contributed by atoms with van der Waals surface area (Å²) in [5.74, 6) is 0.593. The summed E-state index contributed by atoms with van der Waals surface area (Å²) in [6.45, 7) is 2.73. The SMILES string of the molecule is Cc1nc(N2CCC3(CC2)Cc2ccc(C(F)(F)F)cc2[C@H]3N)c(CO)nc1-c1cccc(Cl)c1Cl. The zero-order chi connectivity index (χ0) is 25.8. The van der Waals surface area contributed by atoms with Crippen molar-refractivity contribution >= 4 is 29.0 Å². The first-order valence-corrected chi connectivity index (χ1v) is 12.4. The van der Waals surface area contributed by atoms with Crippen molar-refractivity contribution in [3.05, 3.63) is 74.5 Å². The number of benzene rings is 2. The van der Waals surface area contributed by atoms with Crippen LogP contribution in [0.2, 0.25) is 10.0 Å². The molecule has 1 aliphatic carbocycles. The topological polar surface area (TPSA) is 75.3 Å². The minimum atomic E-state index is -4.40. The number of rotatable bonds is 3. The Kier molecular flexibility index (Phi) is 6.44. The fraction of sp³-hybridized carbons (Fsp3) is 0.385. The number of hydrogen-bond donors (Lipinski definition) is 2. The number of aliphatic hydroxyl groups is 1. The van der Waals surface area contributed by atoms with Crippen LogP contribution in [0, 0.1) is 12.3 Å². The van der Waals surface area contributed by atoms with Crippen LogP contribution in [-0.4, -0.2) is 28.2 Å². The Balaban J connectivity index is 1.39. The molecule has 2 heterocycles. The third-order valence-electron chi connectivity index (χ3n) is 7.55. The summed E-state index contributed by atoms with van der Waals surface area (Å²) in [4.78, 5) is 11.5. The first kappa shape index (κ1) is 25.3. The molecule has 0 saturated carbocycles. The van der Waals surface area contributed by atoms with Gasteiger partial charge in [0.2, 0.25) is 0 Å². The van der Waals surface area contributed by atoms with E-state index in [0.29, 0.717) is 76.4 Å². The molecular weight excluding hydrogens is 512 g/mol. The van der Waals surface area contributed by atoms with Gasteiger partial charge in [0.25, 0.3) is 0 Å². The molecule has 10 heteroatoms. The number of aliphatic hydroxyl groups excluding tert-OH is 1. The smallest absolute Gasteiger partial charge is 0.390 e. The highest BCUT2D eigenvalue weighted by molar-refractivity contribution is 6.43. The van der Waals surface area contributed by atoms with E-state index >= 15 is 0 Å². The first-order valence-electron chi connectivity index (χ1n) is 11.7. The minimum absolute atomic E-state index is 0.305. The number of anilines is 1. The molecular formula is C26H25Cl2F3N4O. The van der Waals surface area contributed by atoms with Crippen molar-refractivity contribution in [2.75, 3.05) is 18.0 Å². The Morgan fingerprint density at radius 3 is 2.53 bits per heavy atom. The molecule has 36 heavy (non-hydrogen) atoms. The van der Waals surface area contributed by atoms with Gasteiger partial charge in [0.05, 0.1) is 33.6 Å². The van der Waals surface area contributed by atoms with Crippen LogP contribution in [0.4, 0.5) is 19.0 Å². The highest BCUT2D eigenvalue weighted by Crippen LogP contribution is 2.52. The molecule has 1 aliphatic heterocycles. The molecule has 3 N–H and O–H groups in total. The van der Waals surface area contributed by atoms with Gasteiger partial charge < -0.3 is 15.7 Å². The van der Waals surface area contributed by atoms with Crippen molar-refractivity contribution in [3.63, 3.8) is 0 Å². The van der Waals surface area contributed by atoms with Crippen LogP contribution in [0.15, 0.2) is 36.4 Å². The van der Waals surface area contributed by atoms with Crippen molar-refractivity contribution in [1.29, 1.82) is 0 Å². The predicted molar refractivity (Wildman–Crippen MR) is 134 cm³/mol. The van der Waals surface area contributed by atoms with E-state index < -0.39 is 17.8 Å². The second kappa shape index (κ2) is 9.17. The number of nitrogens with zero attached hydrogens (tertiary/aromatic N) is 3. The quantitative estimate of drug-likeness (QED) is 0.422. The number of aryl methyl sites for hydroxylation is 1. The maximum Gasteiger partial charge on any atom is 0.416 e. The summed E-state index contributed by atoms with van der Waals surface area (Å²) in [6, 6.07) is 8.73. The summed E-state index contributed by atoms with van der Waals surface area (Å²) in [6.07, 6.45) is -2.36. The van der Waals surface area contributed by atoms with Crippen molar-refractivity contribution in [2.24, 2.45) is 11.1 Å². The molecule has 5 rings (SSSR count). The van der Waals surface area contributed by atoms with Gasteiger partial charge in [-0.05, 0) is 60.9 Å². The van der Waals surface area contributed by atoms with E-state index in [1.54, 1.807) is 24.3 Å². The van der Waals surface area contributed by atoms with E-state index in [-0.39, 0.29) is 12.0 Å². The van der Waals surface area contributed by atoms with E-state index in [1.165, 1.54) is 6.07 Å². The number of halogens is 5. The lowest BCUT2D eigenvalue weighted by Crippen LogP contribution is -2.45. The second-order valence-electron chi connectivity index (χ2n) is 9.60. The third kappa shape index (κ3) is 4.24. The molecule has 1 spiro atoms. The average molecular weight is 537 g/mol. The van der Waals surface area contributed by atoms with Gasteiger partial charge in [0, 0.05) is 24.7 Å². The molecule has 3 aromatic rings. The molecule has 1 fully saturated rings. The lowest BCUT2D eigenvalue weighted by Gasteiger charge is -2.43. The van der Waals surface area contributed by atoms with E-state index in [2.05, 4.69) is 9.88 Å². The standard InChI is InChI=1S/C26H25Cl2F3N4O/c1-14-22(17-3-2-4-19(27)21(17)28)34-20(13-36)24(33-14)35-9-7-25(8-10-35)12-15-5-6-16(26(29,30)31)11-18(15)23(25)32/h2-6,11,23,36H,7-10,12-13,32H2,1H3/t23-/m1/s1. The fourth-order valence-corrected chi connectivity index (χ4v) is 5.93. The van der Waals surface area contributed by atoms with Crippen LogP contribution < -0.4 is 10.6 Å². The molecule has 1 saturated heterocycles. The largest absolute Gasteiger partial charge is 0.416 e. The number of alkyl halides is 3. The molecule has 2 aliphatic rings. The summed E-state index contributed by atoms with van der Waals surface area (Å²) in [5.41, 5.74) is 9.34. The van der Waals surface area contributed by atoms with Crippen molar-refractivity contribution < 1.29 is 18.3 Å². The van der Waals surface area contributed by atoms with Crippen molar-refractivity contribution in [1.82, 2.24) is 9.97 Å². The van der Waals surface area contributed by atoms with Gasteiger partial charge in [0.15, 0.2) is 5.82 Å². The van der Waals surface area contributed by atoms with Crippen molar-refractivity contribution in [2.45, 2.75) is 45.0 Å². The maximum atomic E-state index is 13.2. The summed E-state index contributed by atoms with van der Waals surface area (Å²) in [7, 11) is 0. The molecule has 190 valence electrons. The van der Waals surface area contributed by atoms with E-state index in [1.807, 2.05) is 6.92 Å².